The number of carbonyl (C=O) groups is 1. The lowest BCUT2D eigenvalue weighted by molar-refractivity contribution is -0.148. The molecule has 0 saturated heterocycles. The summed E-state index contributed by atoms with van der Waals surface area (Å²) in [5, 5.41) is 10.7. The third kappa shape index (κ3) is 3.76. The highest BCUT2D eigenvalue weighted by Crippen LogP contribution is 2.68. The van der Waals surface area contributed by atoms with Crippen LogP contribution in [0.1, 0.15) is 105 Å². The minimum Gasteiger partial charge on any atom is -0.469 e. The van der Waals surface area contributed by atoms with Crippen LogP contribution < -0.4 is 0 Å². The summed E-state index contributed by atoms with van der Waals surface area (Å²) in [4.78, 5) is 11.5. The van der Waals surface area contributed by atoms with Crippen molar-refractivity contribution >= 4 is 5.97 Å². The SMILES string of the molecule is COC(=O)CCC[C@@H](C)[C@H]1CC[C@H]2[C@@H]3CC[C@H]4C[C@@](C)(O)CC[C@]4(C)[C@H]3CC[C@]12C. The molecule has 0 aromatic rings. The lowest BCUT2D eigenvalue weighted by Crippen LogP contribution is -2.55. The first-order valence-electron chi connectivity index (χ1n) is 12.9. The number of fused-ring (bicyclic) bond motifs is 5. The van der Waals surface area contributed by atoms with Gasteiger partial charge in [0.2, 0.25) is 0 Å². The van der Waals surface area contributed by atoms with Gasteiger partial charge in [-0.15, -0.1) is 0 Å². The number of esters is 1. The second-order valence-corrected chi connectivity index (χ2v) is 12.5. The molecule has 3 heteroatoms. The van der Waals surface area contributed by atoms with Gasteiger partial charge in [0, 0.05) is 6.42 Å². The number of aliphatic hydroxyl groups is 1. The van der Waals surface area contributed by atoms with Crippen molar-refractivity contribution in [1.29, 1.82) is 0 Å². The molecule has 0 bridgehead atoms. The van der Waals surface area contributed by atoms with Crippen LogP contribution in [0, 0.1) is 46.3 Å². The number of rotatable bonds is 5. The van der Waals surface area contributed by atoms with Gasteiger partial charge in [-0.3, -0.25) is 4.79 Å². The topological polar surface area (TPSA) is 46.5 Å². The van der Waals surface area contributed by atoms with E-state index in [1.165, 1.54) is 52.1 Å². The first-order valence-corrected chi connectivity index (χ1v) is 12.9. The molecule has 0 aromatic heterocycles. The van der Waals surface area contributed by atoms with E-state index < -0.39 is 5.60 Å². The summed E-state index contributed by atoms with van der Waals surface area (Å²) in [6.07, 6.45) is 14.3. The fourth-order valence-corrected chi connectivity index (χ4v) is 9.28. The summed E-state index contributed by atoms with van der Waals surface area (Å²) < 4.78 is 4.83. The van der Waals surface area contributed by atoms with Gasteiger partial charge in [-0.05, 0) is 124 Å². The second kappa shape index (κ2) is 8.09. The highest BCUT2D eigenvalue weighted by Gasteiger charge is 2.61. The van der Waals surface area contributed by atoms with Gasteiger partial charge in [0.15, 0.2) is 0 Å². The van der Waals surface area contributed by atoms with E-state index in [1.807, 2.05) is 0 Å². The van der Waals surface area contributed by atoms with Crippen LogP contribution in [0.5, 0.6) is 0 Å². The summed E-state index contributed by atoms with van der Waals surface area (Å²) in [6, 6.07) is 0. The van der Waals surface area contributed by atoms with Crippen LogP contribution in [0.4, 0.5) is 0 Å². The molecule has 0 radical (unpaired) electrons. The van der Waals surface area contributed by atoms with E-state index >= 15 is 0 Å². The maximum absolute atomic E-state index is 11.5. The van der Waals surface area contributed by atoms with Crippen LogP contribution >= 0.6 is 0 Å². The van der Waals surface area contributed by atoms with Crippen molar-refractivity contribution in [2.24, 2.45) is 46.3 Å². The highest BCUT2D eigenvalue weighted by atomic mass is 16.5. The van der Waals surface area contributed by atoms with Gasteiger partial charge in [-0.25, -0.2) is 0 Å². The van der Waals surface area contributed by atoms with Crippen LogP contribution in [0.2, 0.25) is 0 Å². The van der Waals surface area contributed by atoms with E-state index in [9.17, 15) is 9.90 Å². The fourth-order valence-electron chi connectivity index (χ4n) is 9.28. The van der Waals surface area contributed by atoms with Crippen LogP contribution in [0.3, 0.4) is 0 Å². The van der Waals surface area contributed by atoms with Crippen LogP contribution in [0.15, 0.2) is 0 Å². The van der Waals surface area contributed by atoms with E-state index in [0.717, 1.165) is 55.3 Å². The molecular formula is C27H46O3. The third-order valence-electron chi connectivity index (χ3n) is 11.0. The smallest absolute Gasteiger partial charge is 0.305 e. The zero-order chi connectivity index (χ0) is 21.7. The Kier molecular flexibility index (Phi) is 6.10. The summed E-state index contributed by atoms with van der Waals surface area (Å²) in [5.74, 6) is 4.86. The molecular weight excluding hydrogens is 372 g/mol. The van der Waals surface area contributed by atoms with Crippen molar-refractivity contribution in [1.82, 2.24) is 0 Å². The molecule has 0 amide bonds. The van der Waals surface area contributed by atoms with E-state index in [4.69, 9.17) is 4.74 Å². The maximum atomic E-state index is 11.5. The summed E-state index contributed by atoms with van der Waals surface area (Å²) >= 11 is 0. The molecule has 4 aliphatic rings. The van der Waals surface area contributed by atoms with Crippen LogP contribution in [-0.4, -0.2) is 23.8 Å². The minimum absolute atomic E-state index is 0.0605. The molecule has 4 rings (SSSR count). The quantitative estimate of drug-likeness (QED) is 0.527. The number of methoxy groups -OCH3 is 1. The van der Waals surface area contributed by atoms with Crippen molar-refractivity contribution in [2.75, 3.05) is 7.11 Å². The van der Waals surface area contributed by atoms with E-state index in [0.29, 0.717) is 23.2 Å². The molecule has 0 aliphatic heterocycles. The van der Waals surface area contributed by atoms with E-state index in [2.05, 4.69) is 27.7 Å². The molecule has 3 nitrogen and oxygen atoms in total. The molecule has 4 fully saturated rings. The van der Waals surface area contributed by atoms with Crippen molar-refractivity contribution in [3.05, 3.63) is 0 Å². The average Bonchev–Trinajstić information content (AvgIpc) is 3.05. The largest absolute Gasteiger partial charge is 0.469 e. The third-order valence-corrected chi connectivity index (χ3v) is 11.0. The Bertz CT molecular complexity index is 642. The normalized spacial score (nSPS) is 48.9. The Morgan fingerprint density at radius 1 is 1.00 bits per heavy atom. The Hall–Kier alpha value is -0.570. The molecule has 9 atom stereocenters. The zero-order valence-corrected chi connectivity index (χ0v) is 20.2. The number of carbonyl (C=O) groups excluding carboxylic acids is 1. The molecule has 0 unspecified atom stereocenters. The Labute approximate surface area is 184 Å². The molecule has 4 aliphatic carbocycles. The van der Waals surface area contributed by atoms with Crippen LogP contribution in [-0.2, 0) is 9.53 Å². The Balaban J connectivity index is 1.44. The van der Waals surface area contributed by atoms with Gasteiger partial charge < -0.3 is 9.84 Å². The number of ether oxygens (including phenoxy) is 1. The van der Waals surface area contributed by atoms with Gasteiger partial charge >= 0.3 is 5.97 Å². The average molecular weight is 419 g/mol. The molecule has 0 heterocycles. The van der Waals surface area contributed by atoms with Gasteiger partial charge in [0.05, 0.1) is 12.7 Å². The van der Waals surface area contributed by atoms with Gasteiger partial charge in [0.1, 0.15) is 0 Å². The number of hydrogen-bond acceptors (Lipinski definition) is 3. The first kappa shape index (κ1) is 22.6. The van der Waals surface area contributed by atoms with Gasteiger partial charge in [-0.2, -0.15) is 0 Å². The molecule has 30 heavy (non-hydrogen) atoms. The fraction of sp³-hybridized carbons (Fsp3) is 0.963. The molecule has 1 N–H and O–H groups in total. The Morgan fingerprint density at radius 3 is 2.47 bits per heavy atom. The monoisotopic (exact) mass is 418 g/mol. The predicted molar refractivity (Wildman–Crippen MR) is 121 cm³/mol. The van der Waals surface area contributed by atoms with Crippen LogP contribution in [0.25, 0.3) is 0 Å². The number of hydrogen-bond donors (Lipinski definition) is 1. The standard InChI is InChI=1S/C27H46O3/c1-18(7-6-8-24(28)30-5)21-11-12-22-20-10-9-19-17-25(2,29)15-16-26(19,3)23(20)13-14-27(21,22)4/h18-23,29H,6-17H2,1-5H3/t18-,19+,20+,21-,22+,23+,25+,26+,27-/m1/s1. The lowest BCUT2D eigenvalue weighted by atomic mass is 9.43. The van der Waals surface area contributed by atoms with Gasteiger partial charge in [-0.1, -0.05) is 20.8 Å². The van der Waals surface area contributed by atoms with Crippen molar-refractivity contribution in [3.63, 3.8) is 0 Å². The predicted octanol–water partition coefficient (Wildman–Crippen LogP) is 6.38. The molecule has 0 spiro atoms. The molecule has 4 saturated carbocycles. The first-order chi connectivity index (χ1) is 14.1. The summed E-state index contributed by atoms with van der Waals surface area (Å²) in [5.41, 5.74) is 0.518. The Morgan fingerprint density at radius 2 is 1.73 bits per heavy atom. The van der Waals surface area contributed by atoms with Gasteiger partial charge in [0.25, 0.3) is 0 Å². The van der Waals surface area contributed by atoms with Crippen molar-refractivity contribution < 1.29 is 14.6 Å². The summed E-state index contributed by atoms with van der Waals surface area (Å²) in [7, 11) is 1.50. The van der Waals surface area contributed by atoms with E-state index in [1.54, 1.807) is 0 Å². The maximum Gasteiger partial charge on any atom is 0.305 e. The van der Waals surface area contributed by atoms with Crippen molar-refractivity contribution in [3.8, 4) is 0 Å². The lowest BCUT2D eigenvalue weighted by Gasteiger charge is -2.62. The summed E-state index contributed by atoms with van der Waals surface area (Å²) in [6.45, 7) is 9.74. The molecule has 0 aromatic carbocycles. The van der Waals surface area contributed by atoms with Crippen molar-refractivity contribution in [2.45, 2.75) is 110 Å². The second-order valence-electron chi connectivity index (χ2n) is 12.5. The molecule has 172 valence electrons. The van der Waals surface area contributed by atoms with E-state index in [-0.39, 0.29) is 5.97 Å². The minimum atomic E-state index is -0.432. The highest BCUT2D eigenvalue weighted by molar-refractivity contribution is 5.68. The zero-order valence-electron chi connectivity index (χ0n) is 20.2.